The molecule has 2 N–H and O–H groups in total. The number of fused-ring (bicyclic) bond motifs is 1. The van der Waals surface area contributed by atoms with Crippen LogP contribution in [0.2, 0.25) is 5.02 Å². The van der Waals surface area contributed by atoms with E-state index in [0.717, 1.165) is 0 Å². The molecule has 28 heavy (non-hydrogen) atoms. The van der Waals surface area contributed by atoms with E-state index in [0.29, 0.717) is 34.2 Å². The van der Waals surface area contributed by atoms with Gasteiger partial charge < -0.3 is 9.73 Å². The minimum absolute atomic E-state index is 0.0342. The zero-order valence-corrected chi connectivity index (χ0v) is 16.0. The van der Waals surface area contributed by atoms with Crippen molar-refractivity contribution in [3.63, 3.8) is 0 Å². The average molecular weight is 415 g/mol. The van der Waals surface area contributed by atoms with Crippen LogP contribution in [0.4, 0.5) is 11.6 Å². The first-order valence-electron chi connectivity index (χ1n) is 8.33. The molecule has 0 fully saturated rings. The van der Waals surface area contributed by atoms with Crippen molar-refractivity contribution in [3.05, 3.63) is 77.7 Å². The summed E-state index contributed by atoms with van der Waals surface area (Å²) in [4.78, 5) is 8.97. The third kappa shape index (κ3) is 3.92. The first kappa shape index (κ1) is 18.3. The van der Waals surface area contributed by atoms with E-state index in [2.05, 4.69) is 20.0 Å². The number of furan rings is 1. The smallest absolute Gasteiger partial charge is 0.263 e. The Morgan fingerprint density at radius 3 is 2.36 bits per heavy atom. The van der Waals surface area contributed by atoms with Crippen LogP contribution in [0, 0.1) is 0 Å². The fourth-order valence-electron chi connectivity index (χ4n) is 2.60. The Balaban J connectivity index is 1.72. The number of para-hydroxylation sites is 2. The van der Waals surface area contributed by atoms with Crippen molar-refractivity contribution in [1.82, 2.24) is 9.97 Å². The SMILES string of the molecule is O=S(=O)(Nc1nc2ccccc2nc1NCc1ccco1)c1cccc(Cl)c1. The highest BCUT2D eigenvalue weighted by atomic mass is 35.5. The standard InChI is InChI=1S/C19H15ClN4O3S/c20-13-5-3-7-15(11-13)28(25,26)24-19-18(21-12-14-6-4-10-27-14)22-16-8-1-2-9-17(16)23-19/h1-11H,12H2,(H,21,22)(H,23,24). The predicted octanol–water partition coefficient (Wildman–Crippen LogP) is 4.29. The summed E-state index contributed by atoms with van der Waals surface area (Å²) in [7, 11) is -3.90. The molecule has 0 atom stereocenters. The number of aromatic nitrogens is 2. The monoisotopic (exact) mass is 414 g/mol. The van der Waals surface area contributed by atoms with Crippen molar-refractivity contribution >= 4 is 44.3 Å². The third-order valence-corrected chi connectivity index (χ3v) is 5.49. The van der Waals surface area contributed by atoms with Crippen molar-refractivity contribution < 1.29 is 12.8 Å². The predicted molar refractivity (Wildman–Crippen MR) is 108 cm³/mol. The maximum absolute atomic E-state index is 12.8. The molecule has 0 amide bonds. The van der Waals surface area contributed by atoms with Gasteiger partial charge in [-0.15, -0.1) is 0 Å². The molecule has 0 bridgehead atoms. The fraction of sp³-hybridized carbons (Fsp3) is 0.0526. The molecule has 0 radical (unpaired) electrons. The van der Waals surface area contributed by atoms with E-state index >= 15 is 0 Å². The molecule has 9 heteroatoms. The topological polar surface area (TPSA) is 97.1 Å². The minimum atomic E-state index is -3.90. The van der Waals surface area contributed by atoms with Gasteiger partial charge in [0, 0.05) is 5.02 Å². The molecule has 0 aliphatic carbocycles. The molecular formula is C19H15ClN4O3S. The Bertz CT molecular complexity index is 1230. The van der Waals surface area contributed by atoms with Crippen molar-refractivity contribution in [2.75, 3.05) is 10.0 Å². The summed E-state index contributed by atoms with van der Waals surface area (Å²) < 4.78 is 33.4. The Hall–Kier alpha value is -3.10. The van der Waals surface area contributed by atoms with E-state index in [1.54, 1.807) is 42.7 Å². The second kappa shape index (κ2) is 7.49. The fourth-order valence-corrected chi connectivity index (χ4v) is 3.91. The summed E-state index contributed by atoms with van der Waals surface area (Å²) in [6, 6.07) is 16.8. The maximum Gasteiger partial charge on any atom is 0.263 e. The number of anilines is 2. The van der Waals surface area contributed by atoms with Gasteiger partial charge in [0.15, 0.2) is 11.6 Å². The molecule has 0 saturated carbocycles. The number of hydrogen-bond acceptors (Lipinski definition) is 6. The molecule has 0 saturated heterocycles. The van der Waals surface area contributed by atoms with Crippen LogP contribution in [-0.2, 0) is 16.6 Å². The van der Waals surface area contributed by atoms with Crippen LogP contribution in [0.1, 0.15) is 5.76 Å². The van der Waals surface area contributed by atoms with Gasteiger partial charge in [0.1, 0.15) is 5.76 Å². The number of hydrogen-bond donors (Lipinski definition) is 2. The van der Waals surface area contributed by atoms with Crippen LogP contribution in [-0.4, -0.2) is 18.4 Å². The molecule has 0 spiro atoms. The van der Waals surface area contributed by atoms with Crippen LogP contribution in [0.15, 0.2) is 76.2 Å². The zero-order valence-electron chi connectivity index (χ0n) is 14.5. The van der Waals surface area contributed by atoms with Crippen LogP contribution < -0.4 is 10.0 Å². The van der Waals surface area contributed by atoms with Gasteiger partial charge in [0.25, 0.3) is 10.0 Å². The van der Waals surface area contributed by atoms with E-state index in [9.17, 15) is 8.42 Å². The van der Waals surface area contributed by atoms with Gasteiger partial charge in [-0.1, -0.05) is 29.8 Å². The highest BCUT2D eigenvalue weighted by Gasteiger charge is 2.19. The van der Waals surface area contributed by atoms with E-state index < -0.39 is 10.0 Å². The van der Waals surface area contributed by atoms with Crippen LogP contribution >= 0.6 is 11.6 Å². The summed E-state index contributed by atoms with van der Waals surface area (Å²) in [6.07, 6.45) is 1.56. The van der Waals surface area contributed by atoms with Crippen LogP contribution in [0.3, 0.4) is 0 Å². The Kier molecular flexibility index (Phi) is 4.89. The molecule has 0 unspecified atom stereocenters. The normalized spacial score (nSPS) is 11.5. The zero-order chi connectivity index (χ0) is 19.6. The largest absolute Gasteiger partial charge is 0.467 e. The molecule has 4 rings (SSSR count). The van der Waals surface area contributed by atoms with E-state index in [4.69, 9.17) is 16.0 Å². The lowest BCUT2D eigenvalue weighted by Crippen LogP contribution is -2.16. The molecular weight excluding hydrogens is 400 g/mol. The van der Waals surface area contributed by atoms with E-state index in [1.165, 1.54) is 12.1 Å². The summed E-state index contributed by atoms with van der Waals surface area (Å²) in [5, 5.41) is 3.40. The lowest BCUT2D eigenvalue weighted by atomic mass is 10.3. The van der Waals surface area contributed by atoms with Crippen molar-refractivity contribution in [2.45, 2.75) is 11.4 Å². The van der Waals surface area contributed by atoms with Crippen LogP contribution in [0.5, 0.6) is 0 Å². The number of nitrogens with zero attached hydrogens (tertiary/aromatic N) is 2. The second-order valence-corrected chi connectivity index (χ2v) is 8.02. The molecule has 2 aromatic carbocycles. The molecule has 2 aromatic heterocycles. The first-order chi connectivity index (χ1) is 13.5. The highest BCUT2D eigenvalue weighted by Crippen LogP contribution is 2.25. The number of halogens is 1. The van der Waals surface area contributed by atoms with Gasteiger partial charge >= 0.3 is 0 Å². The molecule has 7 nitrogen and oxygen atoms in total. The summed E-state index contributed by atoms with van der Waals surface area (Å²) in [6.45, 7) is 0.325. The minimum Gasteiger partial charge on any atom is -0.467 e. The summed E-state index contributed by atoms with van der Waals surface area (Å²) >= 11 is 5.93. The Morgan fingerprint density at radius 2 is 1.68 bits per heavy atom. The van der Waals surface area contributed by atoms with Crippen molar-refractivity contribution in [3.8, 4) is 0 Å². The number of benzene rings is 2. The maximum atomic E-state index is 12.8. The average Bonchev–Trinajstić information content (AvgIpc) is 3.20. The molecule has 142 valence electrons. The number of nitrogens with one attached hydrogen (secondary N) is 2. The quantitative estimate of drug-likeness (QED) is 0.488. The number of rotatable bonds is 6. The molecule has 0 aliphatic heterocycles. The van der Waals surface area contributed by atoms with Crippen molar-refractivity contribution in [1.29, 1.82) is 0 Å². The molecule has 0 aliphatic rings. The van der Waals surface area contributed by atoms with Gasteiger partial charge in [-0.05, 0) is 42.5 Å². The highest BCUT2D eigenvalue weighted by molar-refractivity contribution is 7.92. The third-order valence-electron chi connectivity index (χ3n) is 3.92. The second-order valence-electron chi connectivity index (χ2n) is 5.91. The lowest BCUT2D eigenvalue weighted by molar-refractivity contribution is 0.518. The van der Waals surface area contributed by atoms with Crippen molar-refractivity contribution in [2.24, 2.45) is 0 Å². The van der Waals surface area contributed by atoms with Gasteiger partial charge in [0.05, 0.1) is 28.7 Å². The Labute approximate surface area is 166 Å². The van der Waals surface area contributed by atoms with Gasteiger partial charge in [-0.25, -0.2) is 18.4 Å². The number of sulfonamides is 1. The van der Waals surface area contributed by atoms with Crippen LogP contribution in [0.25, 0.3) is 11.0 Å². The Morgan fingerprint density at radius 1 is 0.929 bits per heavy atom. The van der Waals surface area contributed by atoms with Gasteiger partial charge in [-0.2, -0.15) is 0 Å². The van der Waals surface area contributed by atoms with E-state index in [-0.39, 0.29) is 10.7 Å². The van der Waals surface area contributed by atoms with Gasteiger partial charge in [0.2, 0.25) is 0 Å². The first-order valence-corrected chi connectivity index (χ1v) is 10.2. The summed E-state index contributed by atoms with van der Waals surface area (Å²) in [5.74, 6) is 1.06. The lowest BCUT2D eigenvalue weighted by Gasteiger charge is -2.13. The molecule has 2 heterocycles. The van der Waals surface area contributed by atoms with E-state index in [1.807, 2.05) is 12.1 Å². The summed E-state index contributed by atoms with van der Waals surface area (Å²) in [5.41, 5.74) is 1.20. The van der Waals surface area contributed by atoms with Gasteiger partial charge in [-0.3, -0.25) is 4.72 Å². The molecule has 4 aromatic rings.